The number of rotatable bonds is 14. The van der Waals surface area contributed by atoms with Crippen molar-refractivity contribution in [1.29, 1.82) is 0 Å². The highest BCUT2D eigenvalue weighted by atomic mass is 16.2. The van der Waals surface area contributed by atoms with Crippen LogP contribution in [0.3, 0.4) is 0 Å². The van der Waals surface area contributed by atoms with E-state index in [0.29, 0.717) is 18.5 Å². The highest BCUT2D eigenvalue weighted by molar-refractivity contribution is 6.15. The molecule has 0 saturated heterocycles. The zero-order valence-corrected chi connectivity index (χ0v) is 27.1. The number of ketones is 1. The Hall–Kier alpha value is -6.08. The van der Waals surface area contributed by atoms with Crippen LogP contribution in [0.15, 0.2) is 158 Å². The van der Waals surface area contributed by atoms with Crippen LogP contribution in [-0.2, 0) is 17.6 Å². The first-order valence-corrected chi connectivity index (χ1v) is 16.5. The molecule has 2 N–H and O–H groups in total. The summed E-state index contributed by atoms with van der Waals surface area (Å²) in [7, 11) is 0. The number of nitrogens with zero attached hydrogens (tertiary/aromatic N) is 2. The molecule has 5 aromatic carbocycles. The Morgan fingerprint density at radius 1 is 0.673 bits per heavy atom. The Morgan fingerprint density at radius 2 is 1.22 bits per heavy atom. The first kappa shape index (κ1) is 32.8. The highest BCUT2D eigenvalue weighted by Gasteiger charge is 2.33. The Kier molecular flexibility index (Phi) is 10.8. The molecule has 6 aromatic rings. The second-order valence-corrected chi connectivity index (χ2v) is 11.9. The van der Waals surface area contributed by atoms with E-state index in [0.717, 1.165) is 22.4 Å². The summed E-state index contributed by atoms with van der Waals surface area (Å²) in [5, 5.41) is 3.22. The number of benzene rings is 5. The summed E-state index contributed by atoms with van der Waals surface area (Å²) < 4.78 is 0. The molecular weight excluding hydrogens is 608 g/mol. The van der Waals surface area contributed by atoms with Crippen molar-refractivity contribution in [2.75, 3.05) is 13.1 Å². The van der Waals surface area contributed by atoms with Crippen LogP contribution in [0.5, 0.6) is 0 Å². The average molecular weight is 647 g/mol. The van der Waals surface area contributed by atoms with Crippen LogP contribution in [0.25, 0.3) is 0 Å². The van der Waals surface area contributed by atoms with Gasteiger partial charge in [-0.25, -0.2) is 4.98 Å². The van der Waals surface area contributed by atoms with Crippen molar-refractivity contribution >= 4 is 17.6 Å². The standard InChI is InChI=1S/C42H38N4O3/c47-40(34-21-11-4-12-22-34)36-23-13-14-24-37(36)42(49)46(26-25-35-28-43-30-45-35)39(27-31-15-5-1-6-16-31)41(48)44-29-38(32-17-7-2-8-18-32)33-19-9-3-10-20-33/h1-24,28,30,38-39H,25-27,29H2,(H,43,45)(H,44,48)/t39-/m1/s1. The van der Waals surface area contributed by atoms with Gasteiger partial charge in [-0.15, -0.1) is 0 Å². The average Bonchev–Trinajstić information content (AvgIpc) is 3.69. The van der Waals surface area contributed by atoms with Gasteiger partial charge in [-0.05, 0) is 22.8 Å². The minimum absolute atomic E-state index is 0.0962. The molecule has 7 heteroatoms. The molecule has 0 bridgehead atoms. The first-order chi connectivity index (χ1) is 24.1. The third-order valence-corrected chi connectivity index (χ3v) is 8.70. The van der Waals surface area contributed by atoms with E-state index in [-0.39, 0.29) is 41.7 Å². The third kappa shape index (κ3) is 8.26. The van der Waals surface area contributed by atoms with Crippen molar-refractivity contribution < 1.29 is 14.4 Å². The molecule has 7 nitrogen and oxygen atoms in total. The molecule has 0 fully saturated rings. The van der Waals surface area contributed by atoms with Crippen LogP contribution in [0.4, 0.5) is 0 Å². The summed E-state index contributed by atoms with van der Waals surface area (Å²) in [5.74, 6) is -1.02. The summed E-state index contributed by atoms with van der Waals surface area (Å²) in [6.45, 7) is 0.548. The second-order valence-electron chi connectivity index (χ2n) is 11.9. The molecule has 6 rings (SSSR count). The molecule has 0 aliphatic carbocycles. The lowest BCUT2D eigenvalue weighted by Gasteiger charge is -2.32. The van der Waals surface area contributed by atoms with Gasteiger partial charge in [-0.2, -0.15) is 0 Å². The number of imidazole rings is 1. The maximum absolute atomic E-state index is 14.7. The quantitative estimate of drug-likeness (QED) is 0.126. The van der Waals surface area contributed by atoms with Gasteiger partial charge in [0, 0.05) is 49.2 Å². The number of amides is 2. The first-order valence-electron chi connectivity index (χ1n) is 16.5. The van der Waals surface area contributed by atoms with E-state index in [4.69, 9.17) is 0 Å². The molecule has 49 heavy (non-hydrogen) atoms. The number of hydrogen-bond donors (Lipinski definition) is 2. The number of hydrogen-bond acceptors (Lipinski definition) is 4. The lowest BCUT2D eigenvalue weighted by Crippen LogP contribution is -2.52. The number of H-pyrrole nitrogens is 1. The predicted octanol–water partition coefficient (Wildman–Crippen LogP) is 6.89. The SMILES string of the molecule is O=C(c1ccccc1)c1ccccc1C(=O)N(CCc1c[nH]cn1)[C@H](Cc1ccccc1)C(=O)NCC(c1ccccc1)c1ccccc1. The van der Waals surface area contributed by atoms with Crippen LogP contribution in [0.2, 0.25) is 0 Å². The van der Waals surface area contributed by atoms with Gasteiger partial charge in [0.1, 0.15) is 6.04 Å². The van der Waals surface area contributed by atoms with Crippen LogP contribution in [-0.4, -0.2) is 51.6 Å². The third-order valence-electron chi connectivity index (χ3n) is 8.70. The zero-order valence-electron chi connectivity index (χ0n) is 27.1. The van der Waals surface area contributed by atoms with Gasteiger partial charge in [-0.1, -0.05) is 140 Å². The second kappa shape index (κ2) is 16.2. The van der Waals surface area contributed by atoms with E-state index >= 15 is 0 Å². The predicted molar refractivity (Wildman–Crippen MR) is 191 cm³/mol. The van der Waals surface area contributed by atoms with Gasteiger partial charge < -0.3 is 15.2 Å². The molecule has 1 heterocycles. The fourth-order valence-corrected chi connectivity index (χ4v) is 6.13. The molecule has 0 aliphatic heterocycles. The largest absolute Gasteiger partial charge is 0.353 e. The fraction of sp³-hybridized carbons (Fsp3) is 0.143. The van der Waals surface area contributed by atoms with E-state index < -0.39 is 11.9 Å². The summed E-state index contributed by atoms with van der Waals surface area (Å²) in [4.78, 5) is 51.9. The maximum atomic E-state index is 14.7. The van der Waals surface area contributed by atoms with Gasteiger partial charge in [0.15, 0.2) is 5.78 Å². The molecule has 1 aromatic heterocycles. The van der Waals surface area contributed by atoms with Crippen molar-refractivity contribution in [3.8, 4) is 0 Å². The van der Waals surface area contributed by atoms with Crippen molar-refractivity contribution in [2.45, 2.75) is 24.8 Å². The zero-order chi connectivity index (χ0) is 33.8. The van der Waals surface area contributed by atoms with Gasteiger partial charge >= 0.3 is 0 Å². The lowest BCUT2D eigenvalue weighted by molar-refractivity contribution is -0.125. The summed E-state index contributed by atoms with van der Waals surface area (Å²) in [6.07, 6.45) is 4.08. The number of carbonyl (C=O) groups excluding carboxylic acids is 3. The Morgan fingerprint density at radius 3 is 1.82 bits per heavy atom. The normalized spacial score (nSPS) is 11.5. The van der Waals surface area contributed by atoms with Crippen molar-refractivity contribution in [3.05, 3.63) is 197 Å². The van der Waals surface area contributed by atoms with Crippen molar-refractivity contribution in [2.24, 2.45) is 0 Å². The van der Waals surface area contributed by atoms with Gasteiger partial charge in [0.2, 0.25) is 5.91 Å². The van der Waals surface area contributed by atoms with Crippen LogP contribution in [0.1, 0.15) is 54.6 Å². The van der Waals surface area contributed by atoms with Crippen LogP contribution in [0, 0.1) is 0 Å². The molecular formula is C42H38N4O3. The van der Waals surface area contributed by atoms with Crippen molar-refractivity contribution in [1.82, 2.24) is 20.2 Å². The van der Waals surface area contributed by atoms with Gasteiger partial charge in [0.05, 0.1) is 17.6 Å². The topological polar surface area (TPSA) is 95.2 Å². The highest BCUT2D eigenvalue weighted by Crippen LogP contribution is 2.25. The number of aromatic amines is 1. The lowest BCUT2D eigenvalue weighted by atomic mass is 9.91. The molecule has 0 radical (unpaired) electrons. The fourth-order valence-electron chi connectivity index (χ4n) is 6.13. The van der Waals surface area contributed by atoms with E-state index in [1.807, 2.05) is 72.8 Å². The van der Waals surface area contributed by atoms with E-state index in [9.17, 15) is 14.4 Å². The summed E-state index contributed by atoms with van der Waals surface area (Å²) in [6, 6.07) is 44.7. The van der Waals surface area contributed by atoms with Crippen LogP contribution >= 0.6 is 0 Å². The minimum atomic E-state index is -0.874. The molecule has 2 amide bonds. The molecule has 244 valence electrons. The smallest absolute Gasteiger partial charge is 0.255 e. The molecule has 0 saturated carbocycles. The molecule has 0 spiro atoms. The summed E-state index contributed by atoms with van der Waals surface area (Å²) in [5.41, 5.74) is 4.85. The maximum Gasteiger partial charge on any atom is 0.255 e. The minimum Gasteiger partial charge on any atom is -0.353 e. The van der Waals surface area contributed by atoms with E-state index in [2.05, 4.69) is 39.6 Å². The Labute approximate surface area is 286 Å². The van der Waals surface area contributed by atoms with E-state index in [1.165, 1.54) is 0 Å². The summed E-state index contributed by atoms with van der Waals surface area (Å²) >= 11 is 0. The monoisotopic (exact) mass is 646 g/mol. The number of aromatic nitrogens is 2. The molecule has 0 unspecified atom stereocenters. The number of carbonyl (C=O) groups is 3. The van der Waals surface area contributed by atoms with Gasteiger partial charge in [0.25, 0.3) is 5.91 Å². The van der Waals surface area contributed by atoms with Crippen LogP contribution < -0.4 is 5.32 Å². The molecule has 1 atom stereocenters. The Bertz CT molecular complexity index is 1910. The Balaban J connectivity index is 1.36. The van der Waals surface area contributed by atoms with E-state index in [1.54, 1.807) is 66.0 Å². The van der Waals surface area contributed by atoms with Crippen molar-refractivity contribution in [3.63, 3.8) is 0 Å². The number of nitrogens with one attached hydrogen (secondary N) is 2. The molecule has 0 aliphatic rings. The van der Waals surface area contributed by atoms with Gasteiger partial charge in [-0.3, -0.25) is 14.4 Å².